The third kappa shape index (κ3) is 4.43. The maximum atomic E-state index is 14.5. The molecule has 1 N–H and O–H groups in total. The first kappa shape index (κ1) is 20.8. The lowest BCUT2D eigenvalue weighted by Crippen LogP contribution is -2.08. The lowest BCUT2D eigenvalue weighted by atomic mass is 10.0. The Kier molecular flexibility index (Phi) is 5.52. The molecule has 3 heterocycles. The zero-order valence-corrected chi connectivity index (χ0v) is 18.3. The average Bonchev–Trinajstić information content (AvgIpc) is 3.21. The van der Waals surface area contributed by atoms with E-state index in [0.29, 0.717) is 29.4 Å². The van der Waals surface area contributed by atoms with Crippen molar-refractivity contribution < 1.29 is 8.81 Å². The molecule has 0 aliphatic carbocycles. The van der Waals surface area contributed by atoms with Gasteiger partial charge in [-0.3, -0.25) is 0 Å². The molecule has 0 aliphatic heterocycles. The van der Waals surface area contributed by atoms with Crippen molar-refractivity contribution in [2.75, 3.05) is 11.9 Å². The summed E-state index contributed by atoms with van der Waals surface area (Å²) in [6.45, 7) is 4.42. The smallest absolute Gasteiger partial charge is 0.169 e. The molecule has 0 radical (unpaired) electrons. The first-order valence-electron chi connectivity index (χ1n) is 10.7. The normalized spacial score (nSPS) is 11.1. The van der Waals surface area contributed by atoms with Crippen LogP contribution in [0.1, 0.15) is 17.0 Å². The van der Waals surface area contributed by atoms with E-state index in [2.05, 4.69) is 37.4 Å². The number of anilines is 1. The summed E-state index contributed by atoms with van der Waals surface area (Å²) < 4.78 is 19.9. The van der Waals surface area contributed by atoms with Crippen LogP contribution >= 0.6 is 0 Å². The van der Waals surface area contributed by atoms with Crippen molar-refractivity contribution in [1.29, 1.82) is 0 Å². The molecule has 0 fully saturated rings. The summed E-state index contributed by atoms with van der Waals surface area (Å²) >= 11 is 0. The number of fused-ring (bicyclic) bond motifs is 1. The number of nitrogens with one attached hydrogen (secondary N) is 1. The molecule has 5 rings (SSSR count). The monoisotopic (exact) mass is 439 g/mol. The van der Waals surface area contributed by atoms with Crippen LogP contribution in [0.25, 0.3) is 33.4 Å². The van der Waals surface area contributed by atoms with Crippen molar-refractivity contribution in [3.63, 3.8) is 0 Å². The summed E-state index contributed by atoms with van der Waals surface area (Å²) in [5.41, 5.74) is 5.77. The Morgan fingerprint density at radius 3 is 2.64 bits per heavy atom. The van der Waals surface area contributed by atoms with Gasteiger partial charge in [0.15, 0.2) is 11.4 Å². The van der Waals surface area contributed by atoms with Gasteiger partial charge >= 0.3 is 0 Å². The highest BCUT2D eigenvalue weighted by molar-refractivity contribution is 5.86. The topological polar surface area (TPSA) is 76.7 Å². The van der Waals surface area contributed by atoms with Crippen LogP contribution in [0.15, 0.2) is 71.9 Å². The van der Waals surface area contributed by atoms with E-state index in [1.54, 1.807) is 18.7 Å². The molecule has 0 bridgehead atoms. The highest BCUT2D eigenvalue weighted by Crippen LogP contribution is 2.30. The molecule has 164 valence electrons. The summed E-state index contributed by atoms with van der Waals surface area (Å²) in [7, 11) is 0. The molecular weight excluding hydrogens is 417 g/mol. The molecule has 6 nitrogen and oxygen atoms in total. The summed E-state index contributed by atoms with van der Waals surface area (Å²) in [6, 6.07) is 13.5. The standard InChI is InChI=1S/C26H22FN5O/c1-16-14-33-26-22(16)9-20(10-23(26)27)24-11-25(32-17(2)31-24)30-7-6-18-4-3-5-19(8-18)21-12-28-15-29-13-21/h3-5,8-15H,6-7H2,1-2H3,(H,30,31,32). The van der Waals surface area contributed by atoms with Gasteiger partial charge in [0.1, 0.15) is 18.0 Å². The maximum absolute atomic E-state index is 14.5. The first-order valence-corrected chi connectivity index (χ1v) is 10.7. The van der Waals surface area contributed by atoms with Gasteiger partial charge in [-0.2, -0.15) is 0 Å². The predicted molar refractivity (Wildman–Crippen MR) is 126 cm³/mol. The third-order valence-electron chi connectivity index (χ3n) is 5.50. The first-order chi connectivity index (χ1) is 16.1. The Morgan fingerprint density at radius 1 is 0.939 bits per heavy atom. The van der Waals surface area contributed by atoms with Gasteiger partial charge in [-0.05, 0) is 49.1 Å². The van der Waals surface area contributed by atoms with Crippen LogP contribution in [0.2, 0.25) is 0 Å². The fourth-order valence-electron chi connectivity index (χ4n) is 3.86. The molecule has 0 unspecified atom stereocenters. The van der Waals surface area contributed by atoms with E-state index in [-0.39, 0.29) is 5.58 Å². The number of aryl methyl sites for hydroxylation is 2. The van der Waals surface area contributed by atoms with E-state index in [4.69, 9.17) is 4.42 Å². The number of halogens is 1. The van der Waals surface area contributed by atoms with E-state index >= 15 is 0 Å². The Morgan fingerprint density at radius 2 is 1.79 bits per heavy atom. The Balaban J connectivity index is 1.33. The lowest BCUT2D eigenvalue weighted by molar-refractivity contribution is 0.559. The third-order valence-corrected chi connectivity index (χ3v) is 5.50. The second-order valence-corrected chi connectivity index (χ2v) is 7.94. The van der Waals surface area contributed by atoms with Crippen LogP contribution < -0.4 is 5.32 Å². The SMILES string of the molecule is Cc1nc(NCCc2cccc(-c3cncnc3)c2)cc(-c2cc(F)c3occ(C)c3c2)n1. The predicted octanol–water partition coefficient (Wildman–Crippen LogP) is 5.76. The van der Waals surface area contributed by atoms with Crippen molar-refractivity contribution in [3.8, 4) is 22.4 Å². The molecule has 0 atom stereocenters. The van der Waals surface area contributed by atoms with Crippen LogP contribution in [0.5, 0.6) is 0 Å². The summed E-state index contributed by atoms with van der Waals surface area (Å²) in [5, 5.41) is 4.12. The number of hydrogen-bond donors (Lipinski definition) is 1. The quantitative estimate of drug-likeness (QED) is 0.363. The van der Waals surface area contributed by atoms with E-state index in [9.17, 15) is 4.39 Å². The van der Waals surface area contributed by atoms with E-state index < -0.39 is 5.82 Å². The zero-order chi connectivity index (χ0) is 22.8. The summed E-state index contributed by atoms with van der Waals surface area (Å²) in [4.78, 5) is 17.2. The van der Waals surface area contributed by atoms with Gasteiger partial charge < -0.3 is 9.73 Å². The van der Waals surface area contributed by atoms with Crippen LogP contribution in [-0.2, 0) is 6.42 Å². The Hall–Kier alpha value is -4.13. The lowest BCUT2D eigenvalue weighted by Gasteiger charge is -2.10. The van der Waals surface area contributed by atoms with Gasteiger partial charge in [0.2, 0.25) is 0 Å². The molecular formula is C26H22FN5O. The van der Waals surface area contributed by atoms with Crippen molar-refractivity contribution >= 4 is 16.8 Å². The van der Waals surface area contributed by atoms with Crippen molar-refractivity contribution in [3.05, 3.63) is 90.2 Å². The fraction of sp³-hybridized carbons (Fsp3) is 0.154. The molecule has 0 amide bonds. The van der Waals surface area contributed by atoms with Crippen molar-refractivity contribution in [1.82, 2.24) is 19.9 Å². The van der Waals surface area contributed by atoms with Crippen molar-refractivity contribution in [2.45, 2.75) is 20.3 Å². The van der Waals surface area contributed by atoms with Crippen LogP contribution in [0.3, 0.4) is 0 Å². The van der Waals surface area contributed by atoms with Crippen LogP contribution in [0.4, 0.5) is 10.2 Å². The van der Waals surface area contributed by atoms with Gasteiger partial charge in [-0.1, -0.05) is 24.3 Å². The summed E-state index contributed by atoms with van der Waals surface area (Å²) in [5.74, 6) is 0.921. The van der Waals surface area contributed by atoms with Crippen LogP contribution in [0, 0.1) is 19.7 Å². The molecule has 0 saturated heterocycles. The van der Waals surface area contributed by atoms with Gasteiger partial charge in [0, 0.05) is 41.5 Å². The largest absolute Gasteiger partial charge is 0.461 e. The fourth-order valence-corrected chi connectivity index (χ4v) is 3.86. The highest BCUT2D eigenvalue weighted by atomic mass is 19.1. The zero-order valence-electron chi connectivity index (χ0n) is 18.3. The summed E-state index contributed by atoms with van der Waals surface area (Å²) in [6.07, 6.45) is 7.52. The van der Waals surface area contributed by atoms with Gasteiger partial charge in [-0.25, -0.2) is 24.3 Å². The second kappa shape index (κ2) is 8.78. The van der Waals surface area contributed by atoms with E-state index in [1.807, 2.05) is 38.1 Å². The highest BCUT2D eigenvalue weighted by Gasteiger charge is 2.13. The van der Waals surface area contributed by atoms with Crippen LogP contribution in [-0.4, -0.2) is 26.5 Å². The molecule has 0 saturated carbocycles. The molecule has 0 spiro atoms. The number of nitrogens with zero attached hydrogens (tertiary/aromatic N) is 4. The van der Waals surface area contributed by atoms with Gasteiger partial charge in [0.25, 0.3) is 0 Å². The number of aromatic nitrogens is 4. The van der Waals surface area contributed by atoms with Gasteiger partial charge in [0.05, 0.1) is 12.0 Å². The van der Waals surface area contributed by atoms with E-state index in [0.717, 1.165) is 28.5 Å². The molecule has 7 heteroatoms. The van der Waals surface area contributed by atoms with Gasteiger partial charge in [-0.15, -0.1) is 0 Å². The molecule has 33 heavy (non-hydrogen) atoms. The van der Waals surface area contributed by atoms with E-state index in [1.165, 1.54) is 18.0 Å². The Bertz CT molecular complexity index is 1430. The molecule has 5 aromatic rings. The molecule has 2 aromatic carbocycles. The number of furan rings is 1. The maximum Gasteiger partial charge on any atom is 0.169 e. The number of rotatable bonds is 6. The Labute approximate surface area is 190 Å². The number of hydrogen-bond acceptors (Lipinski definition) is 6. The average molecular weight is 439 g/mol. The minimum Gasteiger partial charge on any atom is -0.461 e. The molecule has 0 aliphatic rings. The van der Waals surface area contributed by atoms with Crippen molar-refractivity contribution in [2.24, 2.45) is 0 Å². The molecule has 3 aromatic heterocycles. The minimum absolute atomic E-state index is 0.268. The minimum atomic E-state index is -0.398. The second-order valence-electron chi connectivity index (χ2n) is 7.94. The number of benzene rings is 2.